The third-order valence-corrected chi connectivity index (χ3v) is 4.28. The van der Waals surface area contributed by atoms with Crippen molar-refractivity contribution in [3.8, 4) is 5.75 Å². The molecule has 4 rings (SSSR count). The van der Waals surface area contributed by atoms with Crippen molar-refractivity contribution in [1.82, 2.24) is 0 Å². The monoisotopic (exact) mass is 293 g/mol. The van der Waals surface area contributed by atoms with Gasteiger partial charge in [-0.15, -0.1) is 0 Å². The first-order chi connectivity index (χ1) is 10.6. The number of aromatic hydroxyl groups is 1. The van der Waals surface area contributed by atoms with Gasteiger partial charge in [-0.2, -0.15) is 0 Å². The number of hydrogen-bond donors (Lipinski definition) is 1. The highest BCUT2D eigenvalue weighted by Crippen LogP contribution is 2.43. The fourth-order valence-electron chi connectivity index (χ4n) is 2.99. The lowest BCUT2D eigenvalue weighted by atomic mass is 9.96. The maximum absolute atomic E-state index is 14.6. The van der Waals surface area contributed by atoms with Gasteiger partial charge >= 0.3 is 0 Å². The summed E-state index contributed by atoms with van der Waals surface area (Å²) in [6, 6.07) is 10.6. The fourth-order valence-corrected chi connectivity index (χ4v) is 2.99. The average Bonchev–Trinajstić information content (AvgIpc) is 3.31. The first-order valence-electron chi connectivity index (χ1n) is 7.42. The van der Waals surface area contributed by atoms with Crippen LogP contribution in [-0.4, -0.2) is 5.11 Å². The van der Waals surface area contributed by atoms with Crippen LogP contribution < -0.4 is 4.90 Å². The summed E-state index contributed by atoms with van der Waals surface area (Å²) < 4.78 is 14.6. The Kier molecular flexibility index (Phi) is 2.83. The van der Waals surface area contributed by atoms with Crippen LogP contribution >= 0.6 is 0 Å². The van der Waals surface area contributed by atoms with E-state index in [1.165, 1.54) is 0 Å². The molecule has 2 aromatic rings. The van der Waals surface area contributed by atoms with Crippen molar-refractivity contribution in [2.45, 2.75) is 18.8 Å². The van der Waals surface area contributed by atoms with Crippen LogP contribution in [0.15, 0.2) is 49.2 Å². The summed E-state index contributed by atoms with van der Waals surface area (Å²) in [4.78, 5) is 1.79. The zero-order valence-corrected chi connectivity index (χ0v) is 12.1. The molecule has 1 saturated carbocycles. The molecule has 1 N–H and O–H groups in total. The van der Waals surface area contributed by atoms with Gasteiger partial charge in [-0.25, -0.2) is 4.39 Å². The smallest absolute Gasteiger partial charge is 0.133 e. The van der Waals surface area contributed by atoms with E-state index in [1.54, 1.807) is 29.2 Å². The van der Waals surface area contributed by atoms with Gasteiger partial charge in [0.05, 0.1) is 0 Å². The second-order valence-corrected chi connectivity index (χ2v) is 5.89. The van der Waals surface area contributed by atoms with Crippen LogP contribution in [-0.2, 0) is 0 Å². The van der Waals surface area contributed by atoms with E-state index in [1.807, 2.05) is 18.3 Å². The molecule has 110 valence electrons. The quantitative estimate of drug-likeness (QED) is 0.854. The van der Waals surface area contributed by atoms with E-state index in [9.17, 15) is 9.50 Å². The number of phenolic OH excluding ortho intramolecular Hbond substituents is 1. The molecule has 0 radical (unpaired) electrons. The van der Waals surface area contributed by atoms with E-state index in [4.69, 9.17) is 0 Å². The molecule has 0 unspecified atom stereocenters. The molecule has 0 spiro atoms. The van der Waals surface area contributed by atoms with Crippen LogP contribution in [0.1, 0.15) is 35.4 Å². The van der Waals surface area contributed by atoms with Crippen LogP contribution in [0.4, 0.5) is 10.1 Å². The number of halogens is 1. The largest absolute Gasteiger partial charge is 0.508 e. The Morgan fingerprint density at radius 2 is 2.00 bits per heavy atom. The van der Waals surface area contributed by atoms with Gasteiger partial charge in [0.15, 0.2) is 0 Å². The van der Waals surface area contributed by atoms with E-state index >= 15 is 0 Å². The molecule has 1 aliphatic heterocycles. The standard InChI is InChI=1S/C19H16FNO/c1-12-19-14(9-15(10-18(19)20)13-5-6-13)7-8-21(12)16-3-2-4-17(22)11-16/h2-4,7-11,13,22H,1,5-6H2. The van der Waals surface area contributed by atoms with Crippen LogP contribution in [0.3, 0.4) is 0 Å². The van der Waals surface area contributed by atoms with E-state index in [0.717, 1.165) is 29.7 Å². The topological polar surface area (TPSA) is 23.5 Å². The molecule has 22 heavy (non-hydrogen) atoms. The molecule has 1 aliphatic carbocycles. The van der Waals surface area contributed by atoms with E-state index in [0.29, 0.717) is 17.2 Å². The summed E-state index contributed by atoms with van der Waals surface area (Å²) in [5.41, 5.74) is 3.85. The SMILES string of the molecule is C=C1c2c(F)cc(C3CC3)cc2C=CN1c1cccc(O)c1. The summed E-state index contributed by atoms with van der Waals surface area (Å²) in [6.07, 6.45) is 6.08. The van der Waals surface area contributed by atoms with Crippen molar-refractivity contribution in [3.63, 3.8) is 0 Å². The molecule has 0 aromatic heterocycles. The van der Waals surface area contributed by atoms with Crippen molar-refractivity contribution in [2.24, 2.45) is 0 Å². The Balaban J connectivity index is 1.78. The van der Waals surface area contributed by atoms with Gasteiger partial charge in [-0.05, 0) is 54.2 Å². The Morgan fingerprint density at radius 1 is 1.18 bits per heavy atom. The fraction of sp³-hybridized carbons (Fsp3) is 0.158. The molecule has 1 fully saturated rings. The summed E-state index contributed by atoms with van der Waals surface area (Å²) in [7, 11) is 0. The molecule has 0 atom stereocenters. The molecular weight excluding hydrogens is 277 g/mol. The number of phenols is 1. The predicted molar refractivity (Wildman–Crippen MR) is 87.0 cm³/mol. The molecule has 0 amide bonds. The summed E-state index contributed by atoms with van der Waals surface area (Å²) in [5, 5.41) is 9.63. The van der Waals surface area contributed by atoms with Crippen LogP contribution in [0.5, 0.6) is 5.75 Å². The molecule has 2 aliphatic rings. The molecule has 1 heterocycles. The van der Waals surface area contributed by atoms with Gasteiger partial charge < -0.3 is 10.0 Å². The number of nitrogens with zero attached hydrogens (tertiary/aromatic N) is 1. The highest BCUT2D eigenvalue weighted by atomic mass is 19.1. The second-order valence-electron chi connectivity index (χ2n) is 5.89. The highest BCUT2D eigenvalue weighted by molar-refractivity contribution is 5.89. The van der Waals surface area contributed by atoms with Gasteiger partial charge in [0.1, 0.15) is 11.6 Å². The number of benzene rings is 2. The van der Waals surface area contributed by atoms with Gasteiger partial charge in [0.25, 0.3) is 0 Å². The molecule has 2 aromatic carbocycles. The number of fused-ring (bicyclic) bond motifs is 1. The lowest BCUT2D eigenvalue weighted by Gasteiger charge is -2.28. The molecule has 0 saturated heterocycles. The Hall–Kier alpha value is -2.55. The zero-order chi connectivity index (χ0) is 15.3. The lowest BCUT2D eigenvalue weighted by Crippen LogP contribution is -2.18. The van der Waals surface area contributed by atoms with E-state index < -0.39 is 0 Å². The van der Waals surface area contributed by atoms with Gasteiger partial charge in [0, 0.05) is 29.2 Å². The molecule has 0 bridgehead atoms. The highest BCUT2D eigenvalue weighted by Gasteiger charge is 2.27. The van der Waals surface area contributed by atoms with Crippen molar-refractivity contribution < 1.29 is 9.50 Å². The average molecular weight is 293 g/mol. The van der Waals surface area contributed by atoms with Gasteiger partial charge in [-0.3, -0.25) is 0 Å². The van der Waals surface area contributed by atoms with Crippen molar-refractivity contribution in [2.75, 3.05) is 4.90 Å². The zero-order valence-electron chi connectivity index (χ0n) is 12.1. The minimum atomic E-state index is -0.223. The Labute approximate surface area is 128 Å². The normalized spacial score (nSPS) is 16.8. The van der Waals surface area contributed by atoms with Crippen LogP contribution in [0.25, 0.3) is 11.8 Å². The van der Waals surface area contributed by atoms with Gasteiger partial charge in [-0.1, -0.05) is 18.7 Å². The minimum Gasteiger partial charge on any atom is -0.508 e. The van der Waals surface area contributed by atoms with Crippen molar-refractivity contribution in [3.05, 3.63) is 71.7 Å². The van der Waals surface area contributed by atoms with Gasteiger partial charge in [0.2, 0.25) is 0 Å². The first kappa shape index (κ1) is 13.1. The lowest BCUT2D eigenvalue weighted by molar-refractivity contribution is 0.475. The summed E-state index contributed by atoms with van der Waals surface area (Å²) in [6.45, 7) is 4.05. The van der Waals surface area contributed by atoms with Crippen LogP contribution in [0, 0.1) is 5.82 Å². The minimum absolute atomic E-state index is 0.175. The first-order valence-corrected chi connectivity index (χ1v) is 7.42. The molecular formula is C19H16FNO. The predicted octanol–water partition coefficient (Wildman–Crippen LogP) is 4.87. The maximum Gasteiger partial charge on any atom is 0.133 e. The second kappa shape index (κ2) is 4.73. The Morgan fingerprint density at radius 3 is 2.73 bits per heavy atom. The molecule has 2 nitrogen and oxygen atoms in total. The van der Waals surface area contributed by atoms with E-state index in [2.05, 4.69) is 12.6 Å². The third-order valence-electron chi connectivity index (χ3n) is 4.28. The summed E-state index contributed by atoms with van der Waals surface area (Å²) >= 11 is 0. The molecule has 3 heteroatoms. The van der Waals surface area contributed by atoms with E-state index in [-0.39, 0.29) is 11.6 Å². The van der Waals surface area contributed by atoms with Crippen molar-refractivity contribution in [1.29, 1.82) is 0 Å². The Bertz CT molecular complexity index is 805. The number of rotatable bonds is 2. The van der Waals surface area contributed by atoms with Crippen LogP contribution in [0.2, 0.25) is 0 Å². The van der Waals surface area contributed by atoms with Crippen molar-refractivity contribution >= 4 is 17.5 Å². The maximum atomic E-state index is 14.6. The number of hydrogen-bond acceptors (Lipinski definition) is 2. The number of anilines is 1. The third kappa shape index (κ3) is 2.10. The summed E-state index contributed by atoms with van der Waals surface area (Å²) in [5.74, 6) is 0.471.